The van der Waals surface area contributed by atoms with E-state index in [2.05, 4.69) is 5.32 Å². The number of hydrogen-bond donors (Lipinski definition) is 3. The summed E-state index contributed by atoms with van der Waals surface area (Å²) in [6.45, 7) is 3.58. The van der Waals surface area contributed by atoms with Gasteiger partial charge < -0.3 is 15.5 Å². The fourth-order valence-corrected chi connectivity index (χ4v) is 5.39. The second-order valence-corrected chi connectivity index (χ2v) is 10.4. The number of nitrogens with one attached hydrogen (secondary N) is 1. The van der Waals surface area contributed by atoms with Gasteiger partial charge in [0.2, 0.25) is 0 Å². The molecule has 3 rings (SSSR count). The van der Waals surface area contributed by atoms with Gasteiger partial charge in [-0.1, -0.05) is 69.2 Å². The predicted molar refractivity (Wildman–Crippen MR) is 127 cm³/mol. The van der Waals surface area contributed by atoms with Gasteiger partial charge in [0.1, 0.15) is 17.2 Å². The lowest BCUT2D eigenvalue weighted by Gasteiger charge is -2.38. The number of aliphatic hydroxyl groups is 1. The maximum Gasteiger partial charge on any atom is 0.256 e. The summed E-state index contributed by atoms with van der Waals surface area (Å²) in [6, 6.07) is 8.42. The standard InChI is InChI=1S/C25H30Cl2FNO3/c1-24(2,21-13-19(28)8-9-22(21)30)15-25(32,14-16-6-4-3-5-7-16)23(31)29-20-11-17(26)10-18(27)12-20/h8-13,16,30,32H,3-7,14-15H2,1-2H3,(H,29,31). The van der Waals surface area contributed by atoms with Crippen LogP contribution in [0.15, 0.2) is 36.4 Å². The zero-order valence-corrected chi connectivity index (χ0v) is 19.9. The number of benzene rings is 2. The van der Waals surface area contributed by atoms with Crippen molar-refractivity contribution in [3.8, 4) is 5.75 Å². The molecule has 2 aromatic rings. The van der Waals surface area contributed by atoms with Gasteiger partial charge in [-0.05, 0) is 60.6 Å². The molecule has 1 fully saturated rings. The Balaban J connectivity index is 1.92. The lowest BCUT2D eigenvalue weighted by molar-refractivity contribution is -0.138. The minimum Gasteiger partial charge on any atom is -0.508 e. The van der Waals surface area contributed by atoms with E-state index in [0.29, 0.717) is 21.3 Å². The first kappa shape index (κ1) is 24.8. The molecule has 3 N–H and O–H groups in total. The van der Waals surface area contributed by atoms with Crippen molar-refractivity contribution in [2.24, 2.45) is 5.92 Å². The molecule has 1 unspecified atom stereocenters. The van der Waals surface area contributed by atoms with Gasteiger partial charge in [0.25, 0.3) is 5.91 Å². The van der Waals surface area contributed by atoms with Crippen LogP contribution in [0, 0.1) is 11.7 Å². The summed E-state index contributed by atoms with van der Waals surface area (Å²) in [4.78, 5) is 13.4. The molecule has 1 aliphatic rings. The van der Waals surface area contributed by atoms with Crippen molar-refractivity contribution in [1.82, 2.24) is 0 Å². The fraction of sp³-hybridized carbons (Fsp3) is 0.480. The van der Waals surface area contributed by atoms with Gasteiger partial charge in [0, 0.05) is 21.3 Å². The van der Waals surface area contributed by atoms with Gasteiger partial charge in [-0.25, -0.2) is 4.39 Å². The van der Waals surface area contributed by atoms with Crippen LogP contribution in [0.4, 0.5) is 10.1 Å². The van der Waals surface area contributed by atoms with Crippen LogP contribution in [-0.4, -0.2) is 21.7 Å². The zero-order chi connectivity index (χ0) is 23.5. The van der Waals surface area contributed by atoms with Crippen molar-refractivity contribution in [1.29, 1.82) is 0 Å². The van der Waals surface area contributed by atoms with E-state index in [1.165, 1.54) is 18.2 Å². The molecule has 4 nitrogen and oxygen atoms in total. The summed E-state index contributed by atoms with van der Waals surface area (Å²) in [7, 11) is 0. The van der Waals surface area contributed by atoms with Crippen molar-refractivity contribution < 1.29 is 19.4 Å². The Morgan fingerprint density at radius 1 is 1.09 bits per heavy atom. The first-order valence-electron chi connectivity index (χ1n) is 11.0. The van der Waals surface area contributed by atoms with E-state index in [4.69, 9.17) is 23.2 Å². The Kier molecular flexibility index (Phi) is 7.74. The number of amides is 1. The number of carbonyl (C=O) groups is 1. The Labute approximate surface area is 198 Å². The minimum absolute atomic E-state index is 0.00758. The lowest BCUT2D eigenvalue weighted by atomic mass is 9.70. The summed E-state index contributed by atoms with van der Waals surface area (Å²) < 4.78 is 13.9. The molecule has 0 spiro atoms. The van der Waals surface area contributed by atoms with E-state index in [9.17, 15) is 19.4 Å². The van der Waals surface area contributed by atoms with E-state index < -0.39 is 22.7 Å². The van der Waals surface area contributed by atoms with Gasteiger partial charge in [0.05, 0.1) is 0 Å². The zero-order valence-electron chi connectivity index (χ0n) is 18.4. The monoisotopic (exact) mass is 481 g/mol. The molecule has 1 saturated carbocycles. The second kappa shape index (κ2) is 9.98. The van der Waals surface area contributed by atoms with Crippen LogP contribution in [0.25, 0.3) is 0 Å². The quantitative estimate of drug-likeness (QED) is 0.405. The van der Waals surface area contributed by atoms with E-state index in [1.54, 1.807) is 32.0 Å². The Bertz CT molecular complexity index is 955. The number of rotatable bonds is 7. The Morgan fingerprint density at radius 3 is 2.34 bits per heavy atom. The smallest absolute Gasteiger partial charge is 0.256 e. The number of phenolic OH excluding ortho intramolecular Hbond substituents is 1. The van der Waals surface area contributed by atoms with Crippen LogP contribution in [0.1, 0.15) is 64.4 Å². The second-order valence-electron chi connectivity index (χ2n) is 9.57. The van der Waals surface area contributed by atoms with Crippen molar-refractivity contribution >= 4 is 34.8 Å². The van der Waals surface area contributed by atoms with Crippen LogP contribution >= 0.6 is 23.2 Å². The summed E-state index contributed by atoms with van der Waals surface area (Å²) in [5.41, 5.74) is -1.88. The number of halogens is 3. The molecule has 0 aliphatic heterocycles. The van der Waals surface area contributed by atoms with Gasteiger partial charge >= 0.3 is 0 Å². The number of aromatic hydroxyl groups is 1. The first-order valence-corrected chi connectivity index (χ1v) is 11.7. The SMILES string of the molecule is CC(C)(CC(O)(CC1CCCCC1)C(=O)Nc1cc(Cl)cc(Cl)c1)c1cc(F)ccc1O. The summed E-state index contributed by atoms with van der Waals surface area (Å²) in [5.74, 6) is -0.914. The van der Waals surface area contributed by atoms with Crippen molar-refractivity contribution in [3.63, 3.8) is 0 Å². The first-order chi connectivity index (χ1) is 15.0. The molecular formula is C25H30Cl2FNO3. The average Bonchev–Trinajstić information content (AvgIpc) is 2.69. The normalized spacial score (nSPS) is 17.1. The lowest BCUT2D eigenvalue weighted by Crippen LogP contribution is -2.48. The molecule has 0 heterocycles. The highest BCUT2D eigenvalue weighted by Crippen LogP contribution is 2.42. The van der Waals surface area contributed by atoms with Crippen molar-refractivity contribution in [2.45, 2.75) is 69.8 Å². The Morgan fingerprint density at radius 2 is 1.72 bits per heavy atom. The fourth-order valence-electron chi connectivity index (χ4n) is 4.86. The molecule has 0 radical (unpaired) electrons. The van der Waals surface area contributed by atoms with E-state index >= 15 is 0 Å². The third kappa shape index (κ3) is 6.15. The third-order valence-corrected chi connectivity index (χ3v) is 6.75. The maximum atomic E-state index is 13.9. The van der Waals surface area contributed by atoms with Crippen molar-refractivity contribution in [2.75, 3.05) is 5.32 Å². The van der Waals surface area contributed by atoms with Crippen LogP contribution in [0.3, 0.4) is 0 Å². The molecule has 0 aromatic heterocycles. The highest BCUT2D eigenvalue weighted by molar-refractivity contribution is 6.35. The molecule has 7 heteroatoms. The summed E-state index contributed by atoms with van der Waals surface area (Å²) >= 11 is 12.1. The highest BCUT2D eigenvalue weighted by Gasteiger charge is 2.44. The van der Waals surface area contributed by atoms with E-state index in [-0.39, 0.29) is 24.5 Å². The molecule has 2 aromatic carbocycles. The van der Waals surface area contributed by atoms with Crippen LogP contribution in [0.2, 0.25) is 10.0 Å². The predicted octanol–water partition coefficient (Wildman–Crippen LogP) is 6.85. The number of carbonyl (C=O) groups excluding carboxylic acids is 1. The van der Waals surface area contributed by atoms with Gasteiger partial charge in [-0.3, -0.25) is 4.79 Å². The van der Waals surface area contributed by atoms with Crippen molar-refractivity contribution in [3.05, 3.63) is 57.8 Å². The Hall–Kier alpha value is -1.82. The number of phenols is 1. The molecule has 32 heavy (non-hydrogen) atoms. The van der Waals surface area contributed by atoms with Gasteiger partial charge in [-0.2, -0.15) is 0 Å². The molecule has 1 amide bonds. The minimum atomic E-state index is -1.74. The average molecular weight is 482 g/mol. The maximum absolute atomic E-state index is 13.9. The van der Waals surface area contributed by atoms with E-state index in [0.717, 1.165) is 32.1 Å². The van der Waals surface area contributed by atoms with Crippen LogP contribution in [-0.2, 0) is 10.2 Å². The number of hydrogen-bond acceptors (Lipinski definition) is 3. The topological polar surface area (TPSA) is 69.6 Å². The van der Waals surface area contributed by atoms with Crippen LogP contribution in [0.5, 0.6) is 5.75 Å². The molecular weight excluding hydrogens is 452 g/mol. The third-order valence-electron chi connectivity index (χ3n) is 6.32. The van der Waals surface area contributed by atoms with Gasteiger partial charge in [-0.15, -0.1) is 0 Å². The van der Waals surface area contributed by atoms with Gasteiger partial charge in [0.15, 0.2) is 0 Å². The molecule has 1 aliphatic carbocycles. The van der Waals surface area contributed by atoms with E-state index in [1.807, 2.05) is 0 Å². The number of anilines is 1. The molecule has 0 bridgehead atoms. The molecule has 1 atom stereocenters. The summed E-state index contributed by atoms with van der Waals surface area (Å²) in [6.07, 6.45) is 5.49. The molecule has 0 saturated heterocycles. The molecule has 174 valence electrons. The largest absolute Gasteiger partial charge is 0.508 e. The summed E-state index contributed by atoms with van der Waals surface area (Å²) in [5, 5.41) is 25.6. The van der Waals surface area contributed by atoms with Crippen LogP contribution < -0.4 is 5.32 Å². The highest BCUT2D eigenvalue weighted by atomic mass is 35.5.